The quantitative estimate of drug-likeness (QED) is 0.830. The second-order valence-electron chi connectivity index (χ2n) is 3.04. The highest BCUT2D eigenvalue weighted by atomic mass is 16.5. The van der Waals surface area contributed by atoms with Gasteiger partial charge in [-0.2, -0.15) is 0 Å². The normalized spacial score (nSPS) is 9.93. The predicted molar refractivity (Wildman–Crippen MR) is 56.8 cm³/mol. The molecule has 0 aliphatic heterocycles. The minimum Gasteiger partial charge on any atom is -0.497 e. The van der Waals surface area contributed by atoms with Crippen molar-refractivity contribution in [3.05, 3.63) is 42.3 Å². The van der Waals surface area contributed by atoms with Gasteiger partial charge in [0.1, 0.15) is 12.0 Å². The molecule has 0 spiro atoms. The Labute approximate surface area is 87.9 Å². The highest BCUT2D eigenvalue weighted by Crippen LogP contribution is 2.13. The number of nitrogens with zero attached hydrogens (tertiary/aromatic N) is 1. The van der Waals surface area contributed by atoms with Gasteiger partial charge in [-0.25, -0.2) is 4.98 Å². The number of methoxy groups -OCH3 is 1. The van der Waals surface area contributed by atoms with E-state index < -0.39 is 0 Å². The van der Waals surface area contributed by atoms with Gasteiger partial charge in [-0.15, -0.1) is 0 Å². The predicted octanol–water partition coefficient (Wildman–Crippen LogP) is 2.30. The molecule has 15 heavy (non-hydrogen) atoms. The molecule has 0 bridgehead atoms. The Balaban J connectivity index is 1.98. The number of ether oxygens (including phenoxy) is 1. The van der Waals surface area contributed by atoms with E-state index in [1.165, 1.54) is 6.26 Å². The lowest BCUT2D eigenvalue weighted by Gasteiger charge is -2.04. The van der Waals surface area contributed by atoms with Crippen LogP contribution >= 0.6 is 0 Å². The fourth-order valence-electron chi connectivity index (χ4n) is 1.27. The van der Waals surface area contributed by atoms with Crippen LogP contribution in [0.4, 0.5) is 6.01 Å². The fourth-order valence-corrected chi connectivity index (χ4v) is 1.27. The Bertz CT molecular complexity index is 412. The van der Waals surface area contributed by atoms with Crippen molar-refractivity contribution >= 4 is 6.01 Å². The molecule has 4 heteroatoms. The topological polar surface area (TPSA) is 47.3 Å². The average molecular weight is 204 g/mol. The molecular weight excluding hydrogens is 192 g/mol. The zero-order chi connectivity index (χ0) is 10.5. The molecule has 0 atom stereocenters. The second kappa shape index (κ2) is 4.50. The first-order valence-corrected chi connectivity index (χ1v) is 4.65. The third-order valence-corrected chi connectivity index (χ3v) is 2.01. The average Bonchev–Trinajstić information content (AvgIpc) is 2.79. The van der Waals surface area contributed by atoms with Crippen LogP contribution in [0.5, 0.6) is 5.75 Å². The Morgan fingerprint density at radius 3 is 3.13 bits per heavy atom. The molecule has 4 nitrogen and oxygen atoms in total. The van der Waals surface area contributed by atoms with Crippen LogP contribution in [0.15, 0.2) is 41.1 Å². The Kier molecular flexibility index (Phi) is 2.88. The molecule has 0 aliphatic rings. The molecule has 0 aliphatic carbocycles. The van der Waals surface area contributed by atoms with Crippen LogP contribution < -0.4 is 10.1 Å². The number of rotatable bonds is 4. The summed E-state index contributed by atoms with van der Waals surface area (Å²) in [6.07, 6.45) is 3.14. The Morgan fingerprint density at radius 1 is 1.47 bits per heavy atom. The van der Waals surface area contributed by atoms with Crippen LogP contribution in [0.25, 0.3) is 0 Å². The molecule has 0 radical (unpaired) electrons. The van der Waals surface area contributed by atoms with Crippen LogP contribution in [0, 0.1) is 0 Å². The summed E-state index contributed by atoms with van der Waals surface area (Å²) in [5.74, 6) is 0.849. The first-order chi connectivity index (χ1) is 7.38. The Morgan fingerprint density at radius 2 is 2.40 bits per heavy atom. The van der Waals surface area contributed by atoms with E-state index in [2.05, 4.69) is 10.3 Å². The van der Waals surface area contributed by atoms with Gasteiger partial charge >= 0.3 is 0 Å². The van der Waals surface area contributed by atoms with Gasteiger partial charge in [-0.1, -0.05) is 12.1 Å². The van der Waals surface area contributed by atoms with Crippen LogP contribution in [0.1, 0.15) is 5.56 Å². The van der Waals surface area contributed by atoms with Gasteiger partial charge in [0, 0.05) is 6.54 Å². The lowest BCUT2D eigenvalue weighted by Crippen LogP contribution is -1.99. The van der Waals surface area contributed by atoms with E-state index in [9.17, 15) is 0 Å². The molecular formula is C11H12N2O2. The zero-order valence-corrected chi connectivity index (χ0v) is 8.43. The van der Waals surface area contributed by atoms with Gasteiger partial charge in [0.25, 0.3) is 6.01 Å². The molecule has 0 saturated heterocycles. The first kappa shape index (κ1) is 9.58. The van der Waals surface area contributed by atoms with Gasteiger partial charge in [0.05, 0.1) is 13.3 Å². The lowest BCUT2D eigenvalue weighted by molar-refractivity contribution is 0.414. The number of anilines is 1. The summed E-state index contributed by atoms with van der Waals surface area (Å²) in [7, 11) is 1.65. The fraction of sp³-hybridized carbons (Fsp3) is 0.182. The van der Waals surface area contributed by atoms with E-state index in [1.807, 2.05) is 24.3 Å². The van der Waals surface area contributed by atoms with Gasteiger partial charge in [0.2, 0.25) is 0 Å². The molecule has 1 N–H and O–H groups in total. The minimum absolute atomic E-state index is 0.526. The molecule has 1 heterocycles. The maximum Gasteiger partial charge on any atom is 0.294 e. The monoisotopic (exact) mass is 204 g/mol. The number of hydrogen-bond acceptors (Lipinski definition) is 4. The first-order valence-electron chi connectivity index (χ1n) is 4.65. The van der Waals surface area contributed by atoms with Crippen LogP contribution in [0.2, 0.25) is 0 Å². The summed E-state index contributed by atoms with van der Waals surface area (Å²) in [5.41, 5.74) is 1.12. The summed E-state index contributed by atoms with van der Waals surface area (Å²) < 4.78 is 10.2. The van der Waals surface area contributed by atoms with Crippen molar-refractivity contribution < 1.29 is 9.15 Å². The highest BCUT2D eigenvalue weighted by Gasteiger charge is 1.98. The smallest absolute Gasteiger partial charge is 0.294 e. The van der Waals surface area contributed by atoms with Gasteiger partial charge in [-0.05, 0) is 17.7 Å². The van der Waals surface area contributed by atoms with Crippen molar-refractivity contribution in [2.24, 2.45) is 0 Å². The van der Waals surface area contributed by atoms with E-state index in [1.54, 1.807) is 13.3 Å². The number of nitrogens with one attached hydrogen (secondary N) is 1. The van der Waals surface area contributed by atoms with E-state index in [0.717, 1.165) is 11.3 Å². The van der Waals surface area contributed by atoms with Crippen molar-refractivity contribution in [2.45, 2.75) is 6.54 Å². The maximum absolute atomic E-state index is 5.13. The van der Waals surface area contributed by atoms with Gasteiger partial charge in [-0.3, -0.25) is 0 Å². The van der Waals surface area contributed by atoms with Crippen molar-refractivity contribution in [1.82, 2.24) is 4.98 Å². The molecule has 1 aromatic carbocycles. The summed E-state index contributed by atoms with van der Waals surface area (Å²) in [6.45, 7) is 0.664. The van der Waals surface area contributed by atoms with Crippen molar-refractivity contribution in [1.29, 1.82) is 0 Å². The maximum atomic E-state index is 5.13. The summed E-state index contributed by atoms with van der Waals surface area (Å²) in [6, 6.07) is 8.37. The largest absolute Gasteiger partial charge is 0.497 e. The highest BCUT2D eigenvalue weighted by molar-refractivity contribution is 5.31. The zero-order valence-electron chi connectivity index (χ0n) is 8.43. The number of aromatic nitrogens is 1. The molecule has 0 amide bonds. The Hall–Kier alpha value is -1.97. The SMILES string of the molecule is COc1cccc(CNc2ncco2)c1. The molecule has 2 rings (SSSR count). The van der Waals surface area contributed by atoms with Crippen molar-refractivity contribution in [3.8, 4) is 5.75 Å². The summed E-state index contributed by atoms with van der Waals surface area (Å²) in [5, 5.41) is 3.06. The van der Waals surface area contributed by atoms with E-state index in [0.29, 0.717) is 12.6 Å². The van der Waals surface area contributed by atoms with Gasteiger partial charge in [0.15, 0.2) is 0 Å². The number of hydrogen-bond donors (Lipinski definition) is 1. The summed E-state index contributed by atoms with van der Waals surface area (Å²) in [4.78, 5) is 3.96. The van der Waals surface area contributed by atoms with Crippen molar-refractivity contribution in [2.75, 3.05) is 12.4 Å². The van der Waals surface area contributed by atoms with Crippen molar-refractivity contribution in [3.63, 3.8) is 0 Å². The molecule has 0 fully saturated rings. The molecule has 0 unspecified atom stereocenters. The third-order valence-electron chi connectivity index (χ3n) is 2.01. The van der Waals surface area contributed by atoms with Crippen LogP contribution in [-0.2, 0) is 6.54 Å². The summed E-state index contributed by atoms with van der Waals surface area (Å²) >= 11 is 0. The third kappa shape index (κ3) is 2.49. The van der Waals surface area contributed by atoms with Crippen LogP contribution in [-0.4, -0.2) is 12.1 Å². The van der Waals surface area contributed by atoms with Crippen LogP contribution in [0.3, 0.4) is 0 Å². The molecule has 1 aromatic heterocycles. The number of benzene rings is 1. The number of oxazole rings is 1. The van der Waals surface area contributed by atoms with Gasteiger partial charge < -0.3 is 14.5 Å². The second-order valence-corrected chi connectivity index (χ2v) is 3.04. The van der Waals surface area contributed by atoms with E-state index >= 15 is 0 Å². The van der Waals surface area contributed by atoms with E-state index in [-0.39, 0.29) is 0 Å². The standard InChI is InChI=1S/C11H12N2O2/c1-14-10-4-2-3-9(7-10)8-13-11-12-5-6-15-11/h2-7H,8H2,1H3,(H,12,13). The minimum atomic E-state index is 0.526. The molecule has 2 aromatic rings. The molecule has 0 saturated carbocycles. The molecule has 78 valence electrons. The lowest BCUT2D eigenvalue weighted by atomic mass is 10.2. The van der Waals surface area contributed by atoms with E-state index in [4.69, 9.17) is 9.15 Å².